The van der Waals surface area contributed by atoms with Gasteiger partial charge in [0.05, 0.1) is 11.0 Å². The van der Waals surface area contributed by atoms with Crippen molar-refractivity contribution in [2.75, 3.05) is 4.90 Å². The van der Waals surface area contributed by atoms with E-state index in [9.17, 15) is 0 Å². The Morgan fingerprint density at radius 3 is 1.17 bits per heavy atom. The molecule has 0 radical (unpaired) electrons. The van der Waals surface area contributed by atoms with E-state index in [4.69, 9.17) is 9.97 Å². The Balaban J connectivity index is 0.882. The van der Waals surface area contributed by atoms with Gasteiger partial charge in [-0.1, -0.05) is 152 Å². The van der Waals surface area contributed by atoms with E-state index in [0.29, 0.717) is 0 Å². The predicted octanol–water partition coefficient (Wildman–Crippen LogP) is 17.0. The average Bonchev–Trinajstić information content (AvgIpc) is 3.38. The molecule has 0 saturated heterocycles. The fourth-order valence-electron chi connectivity index (χ4n) is 9.89. The van der Waals surface area contributed by atoms with E-state index in [0.717, 1.165) is 61.1 Å². The number of para-hydroxylation sites is 2. The highest BCUT2D eigenvalue weighted by Crippen LogP contribution is 2.40. The van der Waals surface area contributed by atoms with E-state index in [1.165, 1.54) is 65.0 Å². The smallest absolute Gasteiger partial charge is 0.0708 e. The van der Waals surface area contributed by atoms with Crippen molar-refractivity contribution in [3.63, 3.8) is 0 Å². The van der Waals surface area contributed by atoms with E-state index in [-0.39, 0.29) is 0 Å². The van der Waals surface area contributed by atoms with E-state index >= 15 is 0 Å². The molecule has 0 N–H and O–H groups in total. The topological polar surface area (TPSA) is 29.0 Å². The van der Waals surface area contributed by atoms with Crippen molar-refractivity contribution in [3.05, 3.63) is 237 Å². The number of aromatic nitrogens is 2. The molecule has 3 nitrogen and oxygen atoms in total. The monoisotopic (exact) mass is 825 g/mol. The van der Waals surface area contributed by atoms with Crippen molar-refractivity contribution < 1.29 is 0 Å². The van der Waals surface area contributed by atoms with Crippen LogP contribution in [0.15, 0.2) is 237 Å². The quantitative estimate of drug-likeness (QED) is 0.156. The van der Waals surface area contributed by atoms with Crippen LogP contribution in [0, 0.1) is 0 Å². The summed E-state index contributed by atoms with van der Waals surface area (Å²) in [6, 6.07) is 81.6. The van der Waals surface area contributed by atoms with Crippen molar-refractivity contribution in [1.82, 2.24) is 9.97 Å². The molecular formula is C62H39N3. The molecule has 0 aliphatic heterocycles. The summed E-state index contributed by atoms with van der Waals surface area (Å²) in [5.74, 6) is 0. The van der Waals surface area contributed by atoms with Crippen molar-refractivity contribution in [2.45, 2.75) is 0 Å². The zero-order chi connectivity index (χ0) is 42.8. The van der Waals surface area contributed by atoms with Gasteiger partial charge < -0.3 is 4.90 Å². The van der Waals surface area contributed by atoms with Crippen molar-refractivity contribution in [3.8, 4) is 33.4 Å². The van der Waals surface area contributed by atoms with Gasteiger partial charge >= 0.3 is 0 Å². The van der Waals surface area contributed by atoms with E-state index < -0.39 is 0 Å². The first-order chi connectivity index (χ1) is 32.2. The normalized spacial score (nSPS) is 11.7. The average molecular weight is 826 g/mol. The molecule has 13 rings (SSSR count). The summed E-state index contributed by atoms with van der Waals surface area (Å²) >= 11 is 0. The largest absolute Gasteiger partial charge is 0.310 e. The standard InChI is InChI=1S/C62H39N3/c1-2-8-43-33-46(14-13-40(43)7-1)47-23-29-55-48(34-47)15-16-49-37-54(28-32-56(49)55)65(52-24-17-41(18-25-52)44-21-30-57-50(35-44)38-63-61-11-5-3-9-59(57)61)53-26-19-42(20-27-53)45-22-31-58-51(36-45)39-64-62-12-6-4-10-60(58)62/h1-39H. The van der Waals surface area contributed by atoms with Crippen LogP contribution in [0.5, 0.6) is 0 Å². The third kappa shape index (κ3) is 6.44. The lowest BCUT2D eigenvalue weighted by atomic mass is 9.96. The Morgan fingerprint density at radius 2 is 0.600 bits per heavy atom. The second-order valence-electron chi connectivity index (χ2n) is 17.1. The van der Waals surface area contributed by atoms with Gasteiger partial charge in [-0.15, -0.1) is 0 Å². The molecule has 0 aliphatic rings. The van der Waals surface area contributed by atoms with Crippen molar-refractivity contribution >= 4 is 92.7 Å². The molecule has 0 unspecified atom stereocenters. The van der Waals surface area contributed by atoms with Gasteiger partial charge in [0.25, 0.3) is 0 Å². The molecule has 0 bridgehead atoms. The summed E-state index contributed by atoms with van der Waals surface area (Å²) in [6.45, 7) is 0. The number of nitrogens with zero attached hydrogens (tertiary/aromatic N) is 3. The van der Waals surface area contributed by atoms with Crippen LogP contribution in [0.2, 0.25) is 0 Å². The second kappa shape index (κ2) is 15.0. The van der Waals surface area contributed by atoms with Crippen LogP contribution in [0.3, 0.4) is 0 Å². The van der Waals surface area contributed by atoms with Crippen LogP contribution in [0.1, 0.15) is 0 Å². The maximum atomic E-state index is 4.75. The highest BCUT2D eigenvalue weighted by Gasteiger charge is 2.16. The molecule has 0 amide bonds. The van der Waals surface area contributed by atoms with Gasteiger partial charge in [-0.2, -0.15) is 0 Å². The Labute approximate surface area is 376 Å². The lowest BCUT2D eigenvalue weighted by Gasteiger charge is -2.26. The number of benzene rings is 11. The zero-order valence-electron chi connectivity index (χ0n) is 35.4. The molecular weight excluding hydrogens is 787 g/mol. The van der Waals surface area contributed by atoms with Gasteiger partial charge in [-0.3, -0.25) is 9.97 Å². The predicted molar refractivity (Wildman–Crippen MR) is 276 cm³/mol. The first-order valence-corrected chi connectivity index (χ1v) is 22.2. The van der Waals surface area contributed by atoms with Crippen LogP contribution in [-0.4, -0.2) is 9.97 Å². The molecule has 2 aromatic heterocycles. The minimum absolute atomic E-state index is 1.02. The van der Waals surface area contributed by atoms with Gasteiger partial charge in [0, 0.05) is 51.0 Å². The molecule has 302 valence electrons. The summed E-state index contributed by atoms with van der Waals surface area (Å²) < 4.78 is 0. The zero-order valence-corrected chi connectivity index (χ0v) is 35.4. The minimum atomic E-state index is 1.02. The maximum Gasteiger partial charge on any atom is 0.0708 e. The molecule has 0 atom stereocenters. The lowest BCUT2D eigenvalue weighted by molar-refractivity contribution is 1.29. The molecule has 65 heavy (non-hydrogen) atoms. The second-order valence-corrected chi connectivity index (χ2v) is 17.1. The number of anilines is 3. The summed E-state index contributed by atoms with van der Waals surface area (Å²) in [7, 11) is 0. The fraction of sp³-hybridized carbons (Fsp3) is 0. The van der Waals surface area contributed by atoms with Gasteiger partial charge in [-0.25, -0.2) is 0 Å². The number of rotatable bonds is 6. The van der Waals surface area contributed by atoms with Crippen molar-refractivity contribution in [1.29, 1.82) is 0 Å². The maximum absolute atomic E-state index is 4.75. The first-order valence-electron chi connectivity index (χ1n) is 22.2. The Hall–Kier alpha value is -8.66. The summed E-state index contributed by atoms with van der Waals surface area (Å²) in [5.41, 5.74) is 12.4. The van der Waals surface area contributed by atoms with Crippen LogP contribution in [0.4, 0.5) is 17.1 Å². The van der Waals surface area contributed by atoms with E-state index in [2.05, 4.69) is 217 Å². The molecule has 0 saturated carbocycles. The Kier molecular flexibility index (Phi) is 8.53. The molecule has 0 spiro atoms. The number of hydrogen-bond donors (Lipinski definition) is 0. The summed E-state index contributed by atoms with van der Waals surface area (Å²) in [6.07, 6.45) is 3.98. The molecule has 2 heterocycles. The fourth-order valence-corrected chi connectivity index (χ4v) is 9.89. The van der Waals surface area contributed by atoms with Gasteiger partial charge in [0.1, 0.15) is 0 Å². The van der Waals surface area contributed by atoms with Gasteiger partial charge in [0.2, 0.25) is 0 Å². The molecule has 0 fully saturated rings. The van der Waals surface area contributed by atoms with Crippen molar-refractivity contribution in [2.24, 2.45) is 0 Å². The third-order valence-electron chi connectivity index (χ3n) is 13.3. The summed E-state index contributed by atoms with van der Waals surface area (Å²) in [5, 5.41) is 14.5. The molecule has 13 aromatic rings. The van der Waals surface area contributed by atoms with Crippen LogP contribution < -0.4 is 4.90 Å². The van der Waals surface area contributed by atoms with Crippen LogP contribution >= 0.6 is 0 Å². The minimum Gasteiger partial charge on any atom is -0.310 e. The van der Waals surface area contributed by atoms with E-state index in [1.807, 2.05) is 24.5 Å². The number of pyridine rings is 2. The van der Waals surface area contributed by atoms with Crippen LogP contribution in [0.25, 0.3) is 109 Å². The van der Waals surface area contributed by atoms with Gasteiger partial charge in [-0.05, 0) is 149 Å². The molecule has 0 aliphatic carbocycles. The van der Waals surface area contributed by atoms with Gasteiger partial charge in [0.15, 0.2) is 0 Å². The van der Waals surface area contributed by atoms with E-state index in [1.54, 1.807) is 0 Å². The first kappa shape index (κ1) is 36.9. The third-order valence-corrected chi connectivity index (χ3v) is 13.3. The molecule has 11 aromatic carbocycles. The van der Waals surface area contributed by atoms with Crippen LogP contribution in [-0.2, 0) is 0 Å². The number of hydrogen-bond acceptors (Lipinski definition) is 3. The highest BCUT2D eigenvalue weighted by molar-refractivity contribution is 6.10. The number of fused-ring (bicyclic) bond motifs is 10. The molecule has 3 heteroatoms. The SMILES string of the molecule is c1ccc2cc(-c3ccc4c(ccc5cc(N(c6ccc(-c7ccc8c(cnc9ccccc98)c7)cc6)c6ccc(-c7ccc8c(cnc9ccccc98)c7)cc6)ccc54)c3)ccc2c1. The Bertz CT molecular complexity index is 3840. The summed E-state index contributed by atoms with van der Waals surface area (Å²) in [4.78, 5) is 11.9. The highest BCUT2D eigenvalue weighted by atomic mass is 15.1. The lowest BCUT2D eigenvalue weighted by Crippen LogP contribution is -2.09. The Morgan fingerprint density at radius 1 is 0.231 bits per heavy atom.